The molecule has 0 N–H and O–H groups in total. The van der Waals surface area contributed by atoms with Gasteiger partial charge in [0.05, 0.1) is 5.69 Å². The summed E-state index contributed by atoms with van der Waals surface area (Å²) in [5.41, 5.74) is 1.41. The van der Waals surface area contributed by atoms with E-state index in [1.54, 1.807) is 19.2 Å². The Hall–Kier alpha value is -0.480. The largest absolute Gasteiger partial charge is 0.298 e. The van der Waals surface area contributed by atoms with Crippen LogP contribution in [-0.2, 0) is 4.79 Å². The minimum absolute atomic E-state index is 0.649. The number of carbonyl (C=O) groups is 1. The van der Waals surface area contributed by atoms with Crippen LogP contribution < -0.4 is 0 Å². The van der Waals surface area contributed by atoms with Gasteiger partial charge in [0.2, 0.25) is 0 Å². The molecule has 0 spiro atoms. The summed E-state index contributed by atoms with van der Waals surface area (Å²) in [7, 11) is 0. The number of nitrogens with zero attached hydrogens (tertiary/aromatic N) is 1. The van der Waals surface area contributed by atoms with Crippen molar-refractivity contribution in [2.75, 3.05) is 0 Å². The summed E-state index contributed by atoms with van der Waals surface area (Å²) >= 11 is 6.65. The van der Waals surface area contributed by atoms with Crippen molar-refractivity contribution in [3.8, 4) is 0 Å². The number of hydrogen-bond donors (Lipinski definition) is 0. The van der Waals surface area contributed by atoms with E-state index in [4.69, 9.17) is 0 Å². The van der Waals surface area contributed by atoms with E-state index in [9.17, 15) is 4.79 Å². The third-order valence-corrected chi connectivity index (χ3v) is 2.46. The normalized spacial score (nSPS) is 11.5. The average Bonchev–Trinajstić information content (AvgIpc) is 2.09. The van der Waals surface area contributed by atoms with Crippen LogP contribution in [0.3, 0.4) is 0 Å². The molecule has 0 saturated heterocycles. The van der Waals surface area contributed by atoms with Crippen molar-refractivity contribution in [2.45, 2.75) is 6.92 Å². The van der Waals surface area contributed by atoms with Gasteiger partial charge in [-0.15, -0.1) is 0 Å². The lowest BCUT2D eigenvalue weighted by Gasteiger charge is -1.98. The fraction of sp³-hybridized carbons (Fsp3) is 0.111. The Bertz CT molecular complexity index is 361. The van der Waals surface area contributed by atoms with E-state index in [0.717, 1.165) is 20.9 Å². The Morgan fingerprint density at radius 1 is 1.54 bits per heavy atom. The number of pyridine rings is 1. The quantitative estimate of drug-likeness (QED) is 0.620. The van der Waals surface area contributed by atoms with Gasteiger partial charge in [0.15, 0.2) is 0 Å². The maximum Gasteiger partial charge on any atom is 0.145 e. The first kappa shape index (κ1) is 10.6. The van der Waals surface area contributed by atoms with E-state index in [-0.39, 0.29) is 0 Å². The fourth-order valence-corrected chi connectivity index (χ4v) is 1.88. The summed E-state index contributed by atoms with van der Waals surface area (Å²) < 4.78 is 1.77. The number of rotatable bonds is 2. The molecule has 0 radical (unpaired) electrons. The van der Waals surface area contributed by atoms with Gasteiger partial charge >= 0.3 is 0 Å². The zero-order chi connectivity index (χ0) is 9.84. The summed E-state index contributed by atoms with van der Waals surface area (Å²) in [6.07, 6.45) is 4.22. The second-order valence-electron chi connectivity index (χ2n) is 2.53. The number of allylic oxidation sites excluding steroid dienone is 1. The molecule has 2 nitrogen and oxygen atoms in total. The highest BCUT2D eigenvalue weighted by molar-refractivity contribution is 9.11. The summed E-state index contributed by atoms with van der Waals surface area (Å²) in [5.74, 6) is 0. The molecule has 68 valence electrons. The second-order valence-corrected chi connectivity index (χ2v) is 4.30. The fourth-order valence-electron chi connectivity index (χ4n) is 0.781. The summed E-state index contributed by atoms with van der Waals surface area (Å²) in [4.78, 5) is 14.5. The highest BCUT2D eigenvalue weighted by Gasteiger charge is 1.99. The van der Waals surface area contributed by atoms with Gasteiger partial charge in [0.25, 0.3) is 0 Å². The predicted octanol–water partition coefficient (Wildman–Crippen LogP) is 3.21. The van der Waals surface area contributed by atoms with E-state index < -0.39 is 0 Å². The molecule has 4 heteroatoms. The van der Waals surface area contributed by atoms with Gasteiger partial charge in [0.1, 0.15) is 6.29 Å². The molecule has 0 saturated carbocycles. The van der Waals surface area contributed by atoms with Gasteiger partial charge in [-0.3, -0.25) is 9.78 Å². The first-order valence-electron chi connectivity index (χ1n) is 3.58. The Morgan fingerprint density at radius 2 is 2.23 bits per heavy atom. The van der Waals surface area contributed by atoms with Crippen molar-refractivity contribution in [1.82, 2.24) is 4.98 Å². The van der Waals surface area contributed by atoms with E-state index >= 15 is 0 Å². The molecule has 0 aliphatic rings. The van der Waals surface area contributed by atoms with Crippen molar-refractivity contribution >= 4 is 44.2 Å². The van der Waals surface area contributed by atoms with Crippen LogP contribution in [0.15, 0.2) is 26.8 Å². The Kier molecular flexibility index (Phi) is 3.81. The number of carbonyl (C=O) groups excluding carboxylic acids is 1. The standard InChI is InChI=1S/C9H7Br2NO/c1-6(5-13)2-9-8(11)3-7(10)4-12-9/h2-5H,1H3. The van der Waals surface area contributed by atoms with Crippen molar-refractivity contribution in [1.29, 1.82) is 0 Å². The van der Waals surface area contributed by atoms with Gasteiger partial charge < -0.3 is 0 Å². The maximum absolute atomic E-state index is 10.4. The Morgan fingerprint density at radius 3 is 2.77 bits per heavy atom. The number of aromatic nitrogens is 1. The van der Waals surface area contributed by atoms with Crippen LogP contribution in [0.25, 0.3) is 6.08 Å². The lowest BCUT2D eigenvalue weighted by molar-refractivity contribution is -0.104. The summed E-state index contributed by atoms with van der Waals surface area (Å²) in [6.45, 7) is 1.74. The molecule has 0 amide bonds. The van der Waals surface area contributed by atoms with Gasteiger partial charge in [-0.2, -0.15) is 0 Å². The topological polar surface area (TPSA) is 30.0 Å². The van der Waals surface area contributed by atoms with E-state index in [2.05, 4.69) is 36.8 Å². The molecule has 1 rings (SSSR count). The predicted molar refractivity (Wildman–Crippen MR) is 59.4 cm³/mol. The first-order valence-corrected chi connectivity index (χ1v) is 5.16. The zero-order valence-electron chi connectivity index (χ0n) is 6.92. The third-order valence-electron chi connectivity index (χ3n) is 1.39. The van der Waals surface area contributed by atoms with Crippen LogP contribution in [-0.4, -0.2) is 11.3 Å². The Balaban J connectivity index is 3.09. The molecular weight excluding hydrogens is 298 g/mol. The van der Waals surface area contributed by atoms with Crippen LogP contribution in [0.2, 0.25) is 0 Å². The van der Waals surface area contributed by atoms with Crippen LogP contribution in [0.1, 0.15) is 12.6 Å². The molecule has 13 heavy (non-hydrogen) atoms. The minimum atomic E-state index is 0.649. The lowest BCUT2D eigenvalue weighted by atomic mass is 10.2. The molecule has 1 heterocycles. The molecule has 0 atom stereocenters. The van der Waals surface area contributed by atoms with E-state index in [1.807, 2.05) is 6.07 Å². The molecule has 0 aliphatic heterocycles. The molecule has 0 aromatic carbocycles. The van der Waals surface area contributed by atoms with Crippen molar-refractivity contribution in [3.63, 3.8) is 0 Å². The summed E-state index contributed by atoms with van der Waals surface area (Å²) in [5, 5.41) is 0. The van der Waals surface area contributed by atoms with E-state index in [1.165, 1.54) is 0 Å². The lowest BCUT2D eigenvalue weighted by Crippen LogP contribution is -1.85. The van der Waals surface area contributed by atoms with Crippen LogP contribution in [0, 0.1) is 0 Å². The second kappa shape index (κ2) is 4.67. The number of aldehydes is 1. The molecule has 0 aliphatic carbocycles. The van der Waals surface area contributed by atoms with Gasteiger partial charge in [0, 0.05) is 15.1 Å². The number of halogens is 2. The highest BCUT2D eigenvalue weighted by atomic mass is 79.9. The molecule has 0 unspecified atom stereocenters. The van der Waals surface area contributed by atoms with E-state index in [0.29, 0.717) is 5.57 Å². The third kappa shape index (κ3) is 3.04. The maximum atomic E-state index is 10.4. The number of hydrogen-bond acceptors (Lipinski definition) is 2. The molecule has 0 bridgehead atoms. The summed E-state index contributed by atoms with van der Waals surface area (Å²) in [6, 6.07) is 1.89. The van der Waals surface area contributed by atoms with Crippen LogP contribution in [0.5, 0.6) is 0 Å². The zero-order valence-corrected chi connectivity index (χ0v) is 10.1. The monoisotopic (exact) mass is 303 g/mol. The molecule has 1 aromatic heterocycles. The van der Waals surface area contributed by atoms with Gasteiger partial charge in [-0.25, -0.2) is 0 Å². The van der Waals surface area contributed by atoms with Crippen molar-refractivity contribution < 1.29 is 4.79 Å². The SMILES string of the molecule is CC(C=O)=Cc1ncc(Br)cc1Br. The Labute approximate surface area is 93.3 Å². The average molecular weight is 305 g/mol. The molecular formula is C9H7Br2NO. The minimum Gasteiger partial charge on any atom is -0.298 e. The van der Waals surface area contributed by atoms with Gasteiger partial charge in [-0.05, 0) is 56.5 Å². The smallest absolute Gasteiger partial charge is 0.145 e. The van der Waals surface area contributed by atoms with Crippen molar-refractivity contribution in [3.05, 3.63) is 32.5 Å². The van der Waals surface area contributed by atoms with Crippen molar-refractivity contribution in [2.24, 2.45) is 0 Å². The molecule has 1 aromatic rings. The highest BCUT2D eigenvalue weighted by Crippen LogP contribution is 2.21. The van der Waals surface area contributed by atoms with Crippen LogP contribution >= 0.6 is 31.9 Å². The van der Waals surface area contributed by atoms with Crippen LogP contribution in [0.4, 0.5) is 0 Å². The van der Waals surface area contributed by atoms with Gasteiger partial charge in [-0.1, -0.05) is 0 Å². The first-order chi connectivity index (χ1) is 6.13. The molecule has 0 fully saturated rings.